The van der Waals surface area contributed by atoms with E-state index < -0.39 is 0 Å². The molecular weight excluding hydrogens is 474 g/mol. The van der Waals surface area contributed by atoms with Crippen LogP contribution in [0.1, 0.15) is 5.69 Å². The first kappa shape index (κ1) is 23.9. The number of ether oxygens (including phenoxy) is 2. The first-order valence-corrected chi connectivity index (χ1v) is 12.6. The van der Waals surface area contributed by atoms with E-state index in [2.05, 4.69) is 25.5 Å². The summed E-state index contributed by atoms with van der Waals surface area (Å²) in [6.45, 7) is 4.46. The maximum atomic E-state index is 12.3. The van der Waals surface area contributed by atoms with Crippen LogP contribution in [0, 0.1) is 0 Å². The molecule has 1 aliphatic rings. The summed E-state index contributed by atoms with van der Waals surface area (Å²) in [6.07, 6.45) is 5.23. The van der Waals surface area contributed by atoms with Crippen LogP contribution >= 0.6 is 11.3 Å². The molecule has 3 heterocycles. The van der Waals surface area contributed by atoms with Crippen LogP contribution in [0.3, 0.4) is 0 Å². The summed E-state index contributed by atoms with van der Waals surface area (Å²) in [5.74, 6) is 0.630. The fourth-order valence-corrected chi connectivity index (χ4v) is 4.66. The van der Waals surface area contributed by atoms with Gasteiger partial charge in [-0.2, -0.15) is 0 Å². The van der Waals surface area contributed by atoms with E-state index in [0.717, 1.165) is 71.0 Å². The molecule has 4 aromatic rings. The number of hydrogen-bond donors (Lipinski definition) is 2. The summed E-state index contributed by atoms with van der Waals surface area (Å²) in [6, 6.07) is 19.2. The van der Waals surface area contributed by atoms with Gasteiger partial charge in [-0.1, -0.05) is 23.5 Å². The fourth-order valence-electron chi connectivity index (χ4n) is 3.73. The second-order valence-electron chi connectivity index (χ2n) is 8.27. The topological polar surface area (TPSA) is 88.6 Å². The van der Waals surface area contributed by atoms with Crippen molar-refractivity contribution in [3.8, 4) is 5.75 Å². The molecule has 1 aliphatic heterocycles. The molecule has 0 radical (unpaired) electrons. The van der Waals surface area contributed by atoms with Crippen molar-refractivity contribution in [1.82, 2.24) is 14.9 Å². The summed E-state index contributed by atoms with van der Waals surface area (Å²) in [4.78, 5) is 23.5. The highest BCUT2D eigenvalue weighted by Gasteiger charge is 2.09. The van der Waals surface area contributed by atoms with Gasteiger partial charge >= 0.3 is 0 Å². The highest BCUT2D eigenvalue weighted by atomic mass is 32.1. The number of hydrogen-bond acceptors (Lipinski definition) is 8. The normalized spacial score (nSPS) is 14.2. The van der Waals surface area contributed by atoms with Crippen molar-refractivity contribution in [3.63, 3.8) is 0 Å². The van der Waals surface area contributed by atoms with Crippen LogP contribution < -0.4 is 15.4 Å². The number of nitrogens with zero attached hydrogens (tertiary/aromatic N) is 3. The molecule has 0 unspecified atom stereocenters. The SMILES string of the molecule is O=C(C=CCN1CCOCC1)Nc1ccc2nc(Nc3ccc(OCc4ccccn4)cc3)sc2c1. The maximum Gasteiger partial charge on any atom is 0.248 e. The number of pyridine rings is 1. The van der Waals surface area contributed by atoms with Crippen molar-refractivity contribution in [2.75, 3.05) is 43.5 Å². The lowest BCUT2D eigenvalue weighted by Gasteiger charge is -2.24. The van der Waals surface area contributed by atoms with Crippen LogP contribution in [0.2, 0.25) is 0 Å². The van der Waals surface area contributed by atoms with E-state index in [9.17, 15) is 4.79 Å². The third-order valence-corrected chi connectivity index (χ3v) is 6.54. The van der Waals surface area contributed by atoms with E-state index in [0.29, 0.717) is 6.61 Å². The van der Waals surface area contributed by atoms with Gasteiger partial charge in [0.1, 0.15) is 12.4 Å². The largest absolute Gasteiger partial charge is 0.487 e. The number of aromatic nitrogens is 2. The Morgan fingerprint density at radius 1 is 1.08 bits per heavy atom. The van der Waals surface area contributed by atoms with Crippen molar-refractivity contribution < 1.29 is 14.3 Å². The van der Waals surface area contributed by atoms with Crippen LogP contribution in [0.15, 0.2) is 79.0 Å². The molecule has 0 atom stereocenters. The molecule has 2 aromatic heterocycles. The molecule has 0 spiro atoms. The molecule has 9 heteroatoms. The molecule has 0 aliphatic carbocycles. The Morgan fingerprint density at radius 3 is 2.72 bits per heavy atom. The zero-order valence-electron chi connectivity index (χ0n) is 19.7. The molecule has 8 nitrogen and oxygen atoms in total. The van der Waals surface area contributed by atoms with Crippen molar-refractivity contribution in [2.45, 2.75) is 6.61 Å². The zero-order chi connectivity index (χ0) is 24.6. The van der Waals surface area contributed by atoms with Crippen molar-refractivity contribution in [3.05, 3.63) is 84.7 Å². The first-order chi connectivity index (χ1) is 17.7. The van der Waals surface area contributed by atoms with Crippen molar-refractivity contribution in [1.29, 1.82) is 0 Å². The quantitative estimate of drug-likeness (QED) is 0.317. The Kier molecular flexibility index (Phi) is 7.82. The Hall–Kier alpha value is -3.79. The monoisotopic (exact) mass is 501 g/mol. The molecule has 1 saturated heterocycles. The minimum absolute atomic E-state index is 0.143. The van der Waals surface area contributed by atoms with E-state index in [1.165, 1.54) is 11.3 Å². The van der Waals surface area contributed by atoms with E-state index >= 15 is 0 Å². The molecule has 2 N–H and O–H groups in total. The van der Waals surface area contributed by atoms with E-state index in [1.54, 1.807) is 12.3 Å². The zero-order valence-corrected chi connectivity index (χ0v) is 20.5. The average Bonchev–Trinajstić information content (AvgIpc) is 3.31. The van der Waals surface area contributed by atoms with E-state index in [-0.39, 0.29) is 5.91 Å². The van der Waals surface area contributed by atoms with Gasteiger partial charge in [0, 0.05) is 43.3 Å². The second-order valence-corrected chi connectivity index (χ2v) is 9.30. The third-order valence-electron chi connectivity index (χ3n) is 5.61. The minimum Gasteiger partial charge on any atom is -0.487 e. The van der Waals surface area contributed by atoms with Crippen LogP contribution in [0.4, 0.5) is 16.5 Å². The minimum atomic E-state index is -0.143. The summed E-state index contributed by atoms with van der Waals surface area (Å²) in [7, 11) is 0. The average molecular weight is 502 g/mol. The summed E-state index contributed by atoms with van der Waals surface area (Å²) >= 11 is 1.53. The molecule has 1 amide bonds. The molecule has 36 heavy (non-hydrogen) atoms. The standard InChI is InChI=1S/C27H27N5O3S/c33-26(5-3-13-32-14-16-34-17-15-32)29-21-8-11-24-25(18-21)36-27(31-24)30-20-6-9-23(10-7-20)35-19-22-4-1-2-12-28-22/h1-12,18H,13-17,19H2,(H,29,33)(H,30,31). The summed E-state index contributed by atoms with van der Waals surface area (Å²) in [5, 5.41) is 7.05. The van der Waals surface area contributed by atoms with Crippen molar-refractivity contribution in [2.24, 2.45) is 0 Å². The van der Waals surface area contributed by atoms with Crippen molar-refractivity contribution >= 4 is 44.0 Å². The first-order valence-electron chi connectivity index (χ1n) is 11.8. The molecule has 5 rings (SSSR count). The predicted molar refractivity (Wildman–Crippen MR) is 143 cm³/mol. The fraction of sp³-hybridized carbons (Fsp3) is 0.222. The Bertz CT molecular complexity index is 1320. The molecule has 1 fully saturated rings. The number of nitrogens with one attached hydrogen (secondary N) is 2. The molecular formula is C27H27N5O3S. The predicted octanol–water partition coefficient (Wildman–Crippen LogP) is 4.84. The highest BCUT2D eigenvalue weighted by Crippen LogP contribution is 2.31. The number of carbonyl (C=O) groups excluding carboxylic acids is 1. The number of anilines is 3. The van der Waals surface area contributed by atoms with Gasteiger partial charge in [-0.3, -0.25) is 14.7 Å². The lowest BCUT2D eigenvalue weighted by Crippen LogP contribution is -2.36. The molecule has 0 bridgehead atoms. The van der Waals surface area contributed by atoms with Gasteiger partial charge in [-0.05, 0) is 54.6 Å². The van der Waals surface area contributed by atoms with E-state index in [4.69, 9.17) is 9.47 Å². The van der Waals surface area contributed by atoms with Gasteiger partial charge in [0.15, 0.2) is 5.13 Å². The summed E-state index contributed by atoms with van der Waals surface area (Å²) < 4.78 is 12.1. The lowest BCUT2D eigenvalue weighted by atomic mass is 10.3. The second kappa shape index (κ2) is 11.8. The van der Waals surface area contributed by atoms with E-state index in [1.807, 2.05) is 66.7 Å². The lowest BCUT2D eigenvalue weighted by molar-refractivity contribution is -0.111. The number of morpholine rings is 1. The maximum absolute atomic E-state index is 12.3. The van der Waals surface area contributed by atoms with Gasteiger partial charge < -0.3 is 20.1 Å². The number of fused-ring (bicyclic) bond motifs is 1. The molecule has 0 saturated carbocycles. The van der Waals surface area contributed by atoms with Crippen LogP contribution in [-0.2, 0) is 16.1 Å². The number of amides is 1. The smallest absolute Gasteiger partial charge is 0.248 e. The van der Waals surface area contributed by atoms with Crippen LogP contribution in [0.25, 0.3) is 10.2 Å². The van der Waals surface area contributed by atoms with Gasteiger partial charge in [0.25, 0.3) is 0 Å². The molecule has 184 valence electrons. The highest BCUT2D eigenvalue weighted by molar-refractivity contribution is 7.22. The number of rotatable bonds is 9. The Morgan fingerprint density at radius 2 is 1.92 bits per heavy atom. The van der Waals surface area contributed by atoms with Crippen LogP contribution in [-0.4, -0.2) is 53.6 Å². The van der Waals surface area contributed by atoms with Gasteiger partial charge in [-0.25, -0.2) is 4.98 Å². The van der Waals surface area contributed by atoms with Crippen LogP contribution in [0.5, 0.6) is 5.75 Å². The summed E-state index contributed by atoms with van der Waals surface area (Å²) in [5.41, 5.74) is 3.42. The number of benzene rings is 2. The van der Waals surface area contributed by atoms with Gasteiger partial charge in [0.2, 0.25) is 5.91 Å². The number of thiazole rings is 1. The Balaban J connectivity index is 1.14. The Labute approximate surface area is 213 Å². The van der Waals surface area contributed by atoms with Gasteiger partial charge in [0.05, 0.1) is 29.1 Å². The van der Waals surface area contributed by atoms with Gasteiger partial charge in [-0.15, -0.1) is 0 Å². The third kappa shape index (κ3) is 6.66. The number of carbonyl (C=O) groups is 1. The molecule has 2 aromatic carbocycles.